The van der Waals surface area contributed by atoms with Gasteiger partial charge in [0, 0.05) is 24.2 Å². The van der Waals surface area contributed by atoms with E-state index >= 15 is 0 Å². The molecule has 0 radical (unpaired) electrons. The molecule has 2 heterocycles. The van der Waals surface area contributed by atoms with Gasteiger partial charge in [0.25, 0.3) is 0 Å². The van der Waals surface area contributed by atoms with Crippen molar-refractivity contribution in [2.75, 3.05) is 11.9 Å². The van der Waals surface area contributed by atoms with Gasteiger partial charge in [0.2, 0.25) is 0 Å². The van der Waals surface area contributed by atoms with Crippen molar-refractivity contribution in [3.05, 3.63) is 74.7 Å². The van der Waals surface area contributed by atoms with Crippen LogP contribution in [0.3, 0.4) is 0 Å². The molecule has 1 aliphatic heterocycles. The molecule has 3 aromatic rings. The molecule has 3 nitrogen and oxygen atoms in total. The summed E-state index contributed by atoms with van der Waals surface area (Å²) in [4.78, 5) is 12.4. The largest absolute Gasteiger partial charge is 0.384 e. The molecule has 0 unspecified atom stereocenters. The van der Waals surface area contributed by atoms with E-state index in [4.69, 9.17) is 0 Å². The number of nitrogens with zero attached hydrogens (tertiary/aromatic N) is 1. The Morgan fingerprint density at radius 2 is 2.00 bits per heavy atom. The average Bonchev–Trinajstić information content (AvgIpc) is 3.19. The summed E-state index contributed by atoms with van der Waals surface area (Å²) in [6.45, 7) is 1.72. The van der Waals surface area contributed by atoms with Crippen molar-refractivity contribution in [1.82, 2.24) is 4.57 Å². The molecule has 4 heteroatoms. The van der Waals surface area contributed by atoms with Crippen LogP contribution in [-0.4, -0.2) is 11.1 Å². The van der Waals surface area contributed by atoms with Crippen molar-refractivity contribution in [1.29, 1.82) is 0 Å². The summed E-state index contributed by atoms with van der Waals surface area (Å²) in [5.74, 6) is 0. The average molecular weight is 322 g/mol. The van der Waals surface area contributed by atoms with Crippen LogP contribution in [0.25, 0.3) is 11.3 Å². The number of fused-ring (bicyclic) bond motifs is 1. The topological polar surface area (TPSA) is 34.0 Å². The van der Waals surface area contributed by atoms with Crippen molar-refractivity contribution in [3.8, 4) is 11.3 Å². The lowest BCUT2D eigenvalue weighted by molar-refractivity contribution is 0.692. The number of thiazole rings is 1. The van der Waals surface area contributed by atoms with Crippen LogP contribution < -0.4 is 10.2 Å². The van der Waals surface area contributed by atoms with Crippen LogP contribution in [0.2, 0.25) is 0 Å². The Bertz CT molecular complexity index is 880. The summed E-state index contributed by atoms with van der Waals surface area (Å²) in [6.07, 6.45) is 1.93. The molecule has 0 spiro atoms. The smallest absolute Gasteiger partial charge is 0.307 e. The second-order valence-corrected chi connectivity index (χ2v) is 6.64. The summed E-state index contributed by atoms with van der Waals surface area (Å²) in [6, 6.07) is 16.8. The molecular formula is C19H18N2OS. The fourth-order valence-corrected chi connectivity index (χ4v) is 3.91. The fraction of sp³-hybridized carbons (Fsp3) is 0.211. The van der Waals surface area contributed by atoms with Crippen LogP contribution in [0.1, 0.15) is 11.1 Å². The quantitative estimate of drug-likeness (QED) is 0.793. The first-order valence-electron chi connectivity index (χ1n) is 7.91. The van der Waals surface area contributed by atoms with Crippen molar-refractivity contribution >= 4 is 17.0 Å². The Morgan fingerprint density at radius 1 is 1.13 bits per heavy atom. The number of hydrogen-bond acceptors (Lipinski definition) is 3. The summed E-state index contributed by atoms with van der Waals surface area (Å²) in [5, 5.41) is 5.36. The molecule has 0 bridgehead atoms. The van der Waals surface area contributed by atoms with Gasteiger partial charge in [-0.3, -0.25) is 9.36 Å². The molecule has 4 rings (SSSR count). The molecule has 0 saturated heterocycles. The van der Waals surface area contributed by atoms with Gasteiger partial charge in [-0.25, -0.2) is 0 Å². The van der Waals surface area contributed by atoms with Gasteiger partial charge in [-0.1, -0.05) is 47.7 Å². The SMILES string of the molecule is O=c1scc(-c2ccc3c(c2)CCN3)n1CCc1ccccc1. The maximum Gasteiger partial charge on any atom is 0.307 e. The zero-order valence-corrected chi connectivity index (χ0v) is 13.6. The van der Waals surface area contributed by atoms with E-state index in [1.165, 1.54) is 28.2 Å². The normalized spacial score (nSPS) is 12.9. The van der Waals surface area contributed by atoms with Gasteiger partial charge in [0.1, 0.15) is 0 Å². The van der Waals surface area contributed by atoms with Gasteiger partial charge in [0.05, 0.1) is 5.69 Å². The minimum atomic E-state index is 0.120. The monoisotopic (exact) mass is 322 g/mol. The van der Waals surface area contributed by atoms with Crippen molar-refractivity contribution in [3.63, 3.8) is 0 Å². The van der Waals surface area contributed by atoms with Crippen LogP contribution in [0.4, 0.5) is 5.69 Å². The lowest BCUT2D eigenvalue weighted by atomic mass is 10.1. The number of benzene rings is 2. The molecule has 23 heavy (non-hydrogen) atoms. The highest BCUT2D eigenvalue weighted by atomic mass is 32.1. The minimum absolute atomic E-state index is 0.120. The van der Waals surface area contributed by atoms with Gasteiger partial charge in [-0.2, -0.15) is 0 Å². The number of anilines is 1. The van der Waals surface area contributed by atoms with Crippen LogP contribution >= 0.6 is 11.3 Å². The Morgan fingerprint density at radius 3 is 2.87 bits per heavy atom. The van der Waals surface area contributed by atoms with Gasteiger partial charge in [-0.15, -0.1) is 0 Å². The summed E-state index contributed by atoms with van der Waals surface area (Å²) < 4.78 is 1.90. The van der Waals surface area contributed by atoms with E-state index in [0.29, 0.717) is 0 Å². The second kappa shape index (κ2) is 6.05. The predicted molar refractivity (Wildman–Crippen MR) is 96.4 cm³/mol. The van der Waals surface area contributed by atoms with Gasteiger partial charge in [-0.05, 0) is 41.7 Å². The third-order valence-electron chi connectivity index (χ3n) is 4.36. The molecule has 0 fully saturated rings. The molecule has 116 valence electrons. The lowest BCUT2D eigenvalue weighted by Crippen LogP contribution is -2.15. The summed E-state index contributed by atoms with van der Waals surface area (Å²) >= 11 is 1.29. The lowest BCUT2D eigenvalue weighted by Gasteiger charge is -2.09. The van der Waals surface area contributed by atoms with E-state index in [-0.39, 0.29) is 4.87 Å². The van der Waals surface area contributed by atoms with Crippen LogP contribution in [0, 0.1) is 0 Å². The van der Waals surface area contributed by atoms with Crippen LogP contribution in [-0.2, 0) is 19.4 Å². The van der Waals surface area contributed by atoms with Crippen molar-refractivity contribution in [2.24, 2.45) is 0 Å². The van der Waals surface area contributed by atoms with Crippen molar-refractivity contribution in [2.45, 2.75) is 19.4 Å². The fourth-order valence-electron chi connectivity index (χ4n) is 3.12. The molecule has 1 aliphatic rings. The summed E-state index contributed by atoms with van der Waals surface area (Å²) in [7, 11) is 0. The van der Waals surface area contributed by atoms with Gasteiger partial charge >= 0.3 is 4.87 Å². The standard InChI is InChI=1S/C19H18N2OS/c22-19-21(11-9-14-4-2-1-3-5-14)18(13-23-19)16-6-7-17-15(12-16)8-10-20-17/h1-7,12-13,20H,8-11H2. The first-order valence-corrected chi connectivity index (χ1v) is 8.79. The molecule has 0 atom stereocenters. The number of aryl methyl sites for hydroxylation is 1. The molecule has 1 N–H and O–H groups in total. The van der Waals surface area contributed by atoms with E-state index in [1.807, 2.05) is 28.1 Å². The molecule has 0 aliphatic carbocycles. The predicted octanol–water partition coefficient (Wildman–Crippen LogP) is 3.79. The minimum Gasteiger partial charge on any atom is -0.384 e. The maximum absolute atomic E-state index is 12.2. The third kappa shape index (κ3) is 2.82. The molecule has 0 saturated carbocycles. The van der Waals surface area contributed by atoms with Gasteiger partial charge < -0.3 is 5.32 Å². The Hall–Kier alpha value is -2.33. The van der Waals surface area contributed by atoms with Crippen LogP contribution in [0.15, 0.2) is 58.7 Å². The van der Waals surface area contributed by atoms with E-state index in [0.717, 1.165) is 37.2 Å². The Labute approximate surface area is 139 Å². The number of rotatable bonds is 4. The Kier molecular flexibility index (Phi) is 3.75. The van der Waals surface area contributed by atoms with Crippen molar-refractivity contribution < 1.29 is 0 Å². The highest BCUT2D eigenvalue weighted by Crippen LogP contribution is 2.29. The third-order valence-corrected chi connectivity index (χ3v) is 5.12. The van der Waals surface area contributed by atoms with E-state index in [1.54, 1.807) is 0 Å². The zero-order valence-electron chi connectivity index (χ0n) is 12.8. The highest BCUT2D eigenvalue weighted by Gasteiger charge is 2.14. The van der Waals surface area contributed by atoms with Gasteiger partial charge in [0.15, 0.2) is 0 Å². The molecule has 0 amide bonds. The molecule has 2 aromatic carbocycles. The van der Waals surface area contributed by atoms with E-state index < -0.39 is 0 Å². The zero-order chi connectivity index (χ0) is 15.6. The Balaban J connectivity index is 1.64. The highest BCUT2D eigenvalue weighted by molar-refractivity contribution is 7.07. The molecule has 1 aromatic heterocycles. The maximum atomic E-state index is 12.2. The number of aromatic nitrogens is 1. The molecular weight excluding hydrogens is 304 g/mol. The van der Waals surface area contributed by atoms with Crippen LogP contribution in [0.5, 0.6) is 0 Å². The van der Waals surface area contributed by atoms with E-state index in [9.17, 15) is 4.79 Å². The second-order valence-electron chi connectivity index (χ2n) is 5.82. The first-order chi connectivity index (χ1) is 11.3. The first kappa shape index (κ1) is 14.3. The summed E-state index contributed by atoms with van der Waals surface area (Å²) in [5.41, 5.74) is 6.00. The number of nitrogens with one attached hydrogen (secondary N) is 1. The van der Waals surface area contributed by atoms with E-state index in [2.05, 4.69) is 35.6 Å². The number of hydrogen-bond donors (Lipinski definition) is 1.